The summed E-state index contributed by atoms with van der Waals surface area (Å²) < 4.78 is 1.32. The molecule has 1 unspecified atom stereocenters. The van der Waals surface area contributed by atoms with Crippen molar-refractivity contribution >= 4 is 12.9 Å². The average molecular weight is 296 g/mol. The molecule has 0 heterocycles. The minimum absolute atomic E-state index is 1.23. The van der Waals surface area contributed by atoms with E-state index in [1.165, 1.54) is 28.6 Å². The minimum atomic E-state index is 1.23. The van der Waals surface area contributed by atoms with E-state index in [4.69, 9.17) is 0 Å². The van der Waals surface area contributed by atoms with Gasteiger partial charge in [0.2, 0.25) is 0 Å². The van der Waals surface area contributed by atoms with E-state index < -0.39 is 0 Å². The second-order valence-electron chi connectivity index (χ2n) is 1.49. The predicted molar refractivity (Wildman–Crippen MR) is 38.7 cm³/mol. The van der Waals surface area contributed by atoms with Crippen LogP contribution in [-0.4, -0.2) is 3.64 Å². The van der Waals surface area contributed by atoms with Crippen LogP contribution in [0.2, 0.25) is 0 Å². The molecule has 44 valence electrons. The third-order valence-electron chi connectivity index (χ3n) is 0.692. The molecule has 8 heavy (non-hydrogen) atoms. The van der Waals surface area contributed by atoms with E-state index in [2.05, 4.69) is 21.9 Å². The Kier molecular flexibility index (Phi) is 4.61. The van der Waals surface area contributed by atoms with Crippen LogP contribution in [0.25, 0.3) is 0 Å². The van der Waals surface area contributed by atoms with Gasteiger partial charge in [0.15, 0.2) is 0 Å². The molecule has 0 radical (unpaired) electrons. The van der Waals surface area contributed by atoms with Crippen molar-refractivity contribution in [2.45, 2.75) is 6.92 Å². The molecule has 0 saturated carbocycles. The molecule has 0 aliphatic carbocycles. The number of rotatable bonds is 2. The van der Waals surface area contributed by atoms with E-state index in [1.54, 1.807) is 0 Å². The Morgan fingerprint density at radius 1 is 1.75 bits per heavy atom. The summed E-state index contributed by atoms with van der Waals surface area (Å²) in [6.07, 6.45) is 3.96. The Hall–Kier alpha value is 0.468. The Bertz CT molecular complexity index is 135. The van der Waals surface area contributed by atoms with Gasteiger partial charge in [0.1, 0.15) is 0 Å². The van der Waals surface area contributed by atoms with Crippen LogP contribution in [0.4, 0.5) is 0 Å². The molecule has 0 bridgehead atoms. The van der Waals surface area contributed by atoms with Gasteiger partial charge in [-0.25, -0.2) is 0 Å². The van der Waals surface area contributed by atoms with Crippen molar-refractivity contribution in [1.29, 1.82) is 0 Å². The van der Waals surface area contributed by atoms with Crippen LogP contribution < -0.4 is 0 Å². The van der Waals surface area contributed by atoms with Gasteiger partial charge >= 0.3 is 63.5 Å². The average Bonchev–Trinajstić information content (AvgIpc) is 1.65. The van der Waals surface area contributed by atoms with Crippen LogP contribution in [0.3, 0.4) is 0 Å². The number of allylic oxidation sites excluding steroid dienone is 3. The van der Waals surface area contributed by atoms with Crippen LogP contribution in [0.15, 0.2) is 24.3 Å². The number of hydrogen-bond acceptors (Lipinski definition) is 0. The summed E-state index contributed by atoms with van der Waals surface area (Å²) in [5.74, 6) is 0. The first-order chi connectivity index (χ1) is 3.66. The van der Waals surface area contributed by atoms with Crippen molar-refractivity contribution in [1.82, 2.24) is 0 Å². The molecule has 0 aromatic carbocycles. The summed E-state index contributed by atoms with van der Waals surface area (Å²) in [6, 6.07) is 0. The van der Waals surface area contributed by atoms with Crippen LogP contribution in [0.5, 0.6) is 0 Å². The van der Waals surface area contributed by atoms with E-state index in [0.29, 0.717) is 0 Å². The van der Waals surface area contributed by atoms with Crippen molar-refractivity contribution < 1.29 is 19.4 Å². The molecule has 0 aromatic rings. The van der Waals surface area contributed by atoms with Crippen molar-refractivity contribution in [3.8, 4) is 0 Å². The molecule has 0 N–H and O–H groups in total. The molecular formula is C6H9PW. The Morgan fingerprint density at radius 2 is 2.25 bits per heavy atom. The fraction of sp³-hybridized carbons (Fsp3) is 0.167. The van der Waals surface area contributed by atoms with Gasteiger partial charge in [-0.15, -0.1) is 0 Å². The molecule has 0 aromatic heterocycles. The normalized spacial score (nSPS) is 11.0. The van der Waals surface area contributed by atoms with Gasteiger partial charge in [-0.1, -0.05) is 0 Å². The van der Waals surface area contributed by atoms with Gasteiger partial charge in [0.05, 0.1) is 0 Å². The quantitative estimate of drug-likeness (QED) is 0.537. The fourth-order valence-corrected chi connectivity index (χ4v) is 1.21. The maximum atomic E-state index is 3.63. The van der Waals surface area contributed by atoms with Crippen LogP contribution in [0.1, 0.15) is 6.92 Å². The van der Waals surface area contributed by atoms with Gasteiger partial charge in [-0.2, -0.15) is 0 Å². The monoisotopic (exact) mass is 296 g/mol. The summed E-state index contributed by atoms with van der Waals surface area (Å²) in [7, 11) is 2.66. The standard InChI is InChI=1S/C6H9P.W/c1-3-6(2)4-5-7;/h3-4H,1,7H2,2H3;/b6-4-;. The first-order valence-electron chi connectivity index (χ1n) is 2.27. The van der Waals surface area contributed by atoms with Crippen molar-refractivity contribution in [3.05, 3.63) is 24.3 Å². The third-order valence-corrected chi connectivity index (χ3v) is 1.28. The Labute approximate surface area is 63.7 Å². The van der Waals surface area contributed by atoms with Crippen molar-refractivity contribution in [2.24, 2.45) is 0 Å². The fourth-order valence-electron chi connectivity index (χ4n) is 0.283. The van der Waals surface area contributed by atoms with Crippen LogP contribution in [-0.2, 0) is 19.4 Å². The molecule has 0 nitrogen and oxygen atoms in total. The zero-order valence-electron chi connectivity index (χ0n) is 4.85. The molecule has 1 atom stereocenters. The zero-order chi connectivity index (χ0) is 6.57. The van der Waals surface area contributed by atoms with Crippen LogP contribution >= 0.6 is 9.24 Å². The van der Waals surface area contributed by atoms with Gasteiger partial charge in [-0.3, -0.25) is 0 Å². The third kappa shape index (κ3) is 4.62. The van der Waals surface area contributed by atoms with Crippen LogP contribution in [0, 0.1) is 0 Å². The number of hydrogen-bond donors (Lipinski definition) is 0. The van der Waals surface area contributed by atoms with Gasteiger partial charge < -0.3 is 0 Å². The molecule has 2 heteroatoms. The van der Waals surface area contributed by atoms with E-state index in [-0.39, 0.29) is 0 Å². The molecule has 0 spiro atoms. The summed E-state index contributed by atoms with van der Waals surface area (Å²) in [4.78, 5) is 0. The SMILES string of the molecule is C=C/C(C)=C\[C](P)=[W]. The zero-order valence-corrected chi connectivity index (χ0v) is 8.94. The van der Waals surface area contributed by atoms with Gasteiger partial charge in [0.25, 0.3) is 0 Å². The molecular weight excluding hydrogens is 287 g/mol. The van der Waals surface area contributed by atoms with E-state index in [1.807, 2.05) is 13.0 Å². The summed E-state index contributed by atoms with van der Waals surface area (Å²) >= 11 is 1.49. The van der Waals surface area contributed by atoms with E-state index in [9.17, 15) is 0 Å². The molecule has 0 rings (SSSR count). The topological polar surface area (TPSA) is 0 Å². The molecule has 0 fully saturated rings. The van der Waals surface area contributed by atoms with Crippen molar-refractivity contribution in [2.75, 3.05) is 0 Å². The van der Waals surface area contributed by atoms with Gasteiger partial charge in [-0.05, 0) is 0 Å². The molecule has 0 aliphatic heterocycles. The predicted octanol–water partition coefficient (Wildman–Crippen LogP) is 1.67. The molecule has 0 aliphatic rings. The Morgan fingerprint density at radius 3 is 2.38 bits per heavy atom. The van der Waals surface area contributed by atoms with Crippen molar-refractivity contribution in [3.63, 3.8) is 0 Å². The first kappa shape index (κ1) is 8.47. The second kappa shape index (κ2) is 4.36. The van der Waals surface area contributed by atoms with E-state index >= 15 is 0 Å². The van der Waals surface area contributed by atoms with Gasteiger partial charge in [0, 0.05) is 0 Å². The molecule has 0 saturated heterocycles. The van der Waals surface area contributed by atoms with E-state index in [0.717, 1.165) is 0 Å². The first-order valence-corrected chi connectivity index (χ1v) is 4.31. The second-order valence-corrected chi connectivity index (χ2v) is 5.45. The summed E-state index contributed by atoms with van der Waals surface area (Å²) in [5, 5.41) is 0. The molecule has 0 amide bonds. The Balaban J connectivity index is 3.94. The summed E-state index contributed by atoms with van der Waals surface area (Å²) in [6.45, 7) is 5.67. The summed E-state index contributed by atoms with van der Waals surface area (Å²) in [5.41, 5.74) is 1.23. The maximum absolute atomic E-state index is 3.63.